The number of benzene rings is 1. The lowest BCUT2D eigenvalue weighted by molar-refractivity contribution is -0.383. The number of carbonyl (C=O) groups is 1. The standard InChI is InChI=1S/C14H17ClN2O4/c1-9-4-3-7-14(8-9,13(18)19)16-11-6-2-5-10(15)12(11)17(20)21/h2,5-6,9,16H,3-4,7-8H2,1H3,(H,18,19). The monoisotopic (exact) mass is 312 g/mol. The molecular weight excluding hydrogens is 296 g/mol. The van der Waals surface area contributed by atoms with Crippen LogP contribution < -0.4 is 5.32 Å². The number of carboxylic acid groups (broad SMARTS) is 1. The highest BCUT2D eigenvalue weighted by Gasteiger charge is 2.43. The van der Waals surface area contributed by atoms with Crippen molar-refractivity contribution in [2.75, 3.05) is 5.32 Å². The third-order valence-electron chi connectivity index (χ3n) is 3.95. The molecule has 1 aliphatic rings. The Morgan fingerprint density at radius 3 is 2.86 bits per heavy atom. The number of hydrogen-bond acceptors (Lipinski definition) is 4. The lowest BCUT2D eigenvalue weighted by atomic mass is 9.76. The summed E-state index contributed by atoms with van der Waals surface area (Å²) in [4.78, 5) is 22.3. The first-order chi connectivity index (χ1) is 9.85. The molecule has 0 heterocycles. The van der Waals surface area contributed by atoms with Gasteiger partial charge in [-0.1, -0.05) is 37.4 Å². The van der Waals surface area contributed by atoms with Crippen LogP contribution in [0.4, 0.5) is 11.4 Å². The van der Waals surface area contributed by atoms with E-state index in [1.54, 1.807) is 6.07 Å². The molecule has 1 fully saturated rings. The van der Waals surface area contributed by atoms with Gasteiger partial charge in [0.2, 0.25) is 0 Å². The van der Waals surface area contributed by atoms with Gasteiger partial charge in [0.25, 0.3) is 0 Å². The zero-order valence-corrected chi connectivity index (χ0v) is 12.4. The van der Waals surface area contributed by atoms with Crippen molar-refractivity contribution in [2.45, 2.75) is 38.1 Å². The SMILES string of the molecule is CC1CCCC(Nc2cccc(Cl)c2[N+](=O)[O-])(C(=O)O)C1. The summed E-state index contributed by atoms with van der Waals surface area (Å²) in [6.07, 6.45) is 2.62. The van der Waals surface area contributed by atoms with Gasteiger partial charge in [-0.05, 0) is 30.9 Å². The van der Waals surface area contributed by atoms with Gasteiger partial charge in [0.15, 0.2) is 0 Å². The maximum absolute atomic E-state index is 11.7. The fourth-order valence-corrected chi connectivity index (χ4v) is 3.22. The number of hydrogen-bond donors (Lipinski definition) is 2. The van der Waals surface area contributed by atoms with Crippen molar-refractivity contribution in [1.29, 1.82) is 0 Å². The summed E-state index contributed by atoms with van der Waals surface area (Å²) in [7, 11) is 0. The average Bonchev–Trinajstić information content (AvgIpc) is 2.38. The first-order valence-electron chi connectivity index (χ1n) is 6.80. The van der Waals surface area contributed by atoms with E-state index in [9.17, 15) is 20.0 Å². The summed E-state index contributed by atoms with van der Waals surface area (Å²) in [5, 5.41) is 23.6. The van der Waals surface area contributed by atoms with Crippen molar-refractivity contribution in [3.05, 3.63) is 33.3 Å². The van der Waals surface area contributed by atoms with Gasteiger partial charge >= 0.3 is 11.7 Å². The van der Waals surface area contributed by atoms with Gasteiger partial charge in [0.1, 0.15) is 16.2 Å². The number of aliphatic carboxylic acids is 1. The molecule has 0 spiro atoms. The highest BCUT2D eigenvalue weighted by molar-refractivity contribution is 6.33. The number of nitrogens with zero attached hydrogens (tertiary/aromatic N) is 1. The fraction of sp³-hybridized carbons (Fsp3) is 0.500. The predicted molar refractivity (Wildman–Crippen MR) is 79.7 cm³/mol. The molecule has 1 aliphatic carbocycles. The molecule has 0 radical (unpaired) electrons. The number of nitro benzene ring substituents is 1. The molecule has 1 aromatic rings. The van der Waals surface area contributed by atoms with E-state index in [1.807, 2.05) is 6.92 Å². The first kappa shape index (κ1) is 15.6. The molecule has 7 heteroatoms. The van der Waals surface area contributed by atoms with E-state index < -0.39 is 16.4 Å². The number of para-hydroxylation sites is 1. The molecule has 0 saturated heterocycles. The smallest absolute Gasteiger partial charge is 0.329 e. The molecule has 2 atom stereocenters. The van der Waals surface area contributed by atoms with Gasteiger partial charge in [-0.2, -0.15) is 0 Å². The Labute approximate surface area is 127 Å². The second-order valence-electron chi connectivity index (χ2n) is 5.61. The minimum atomic E-state index is -1.17. The van der Waals surface area contributed by atoms with Crippen LogP contribution in [0.15, 0.2) is 18.2 Å². The maximum atomic E-state index is 11.7. The van der Waals surface area contributed by atoms with E-state index in [1.165, 1.54) is 12.1 Å². The molecule has 0 aliphatic heterocycles. The van der Waals surface area contributed by atoms with Crippen LogP contribution in [0, 0.1) is 16.0 Å². The van der Waals surface area contributed by atoms with E-state index in [4.69, 9.17) is 11.6 Å². The summed E-state index contributed by atoms with van der Waals surface area (Å²) < 4.78 is 0. The number of rotatable bonds is 4. The highest BCUT2D eigenvalue weighted by atomic mass is 35.5. The second-order valence-corrected chi connectivity index (χ2v) is 6.01. The molecule has 0 bridgehead atoms. The van der Waals surface area contributed by atoms with Gasteiger partial charge in [-0.15, -0.1) is 0 Å². The summed E-state index contributed by atoms with van der Waals surface area (Å²) in [6.45, 7) is 1.99. The van der Waals surface area contributed by atoms with Crippen LogP contribution in [0.1, 0.15) is 32.6 Å². The third kappa shape index (κ3) is 3.10. The lowest BCUT2D eigenvalue weighted by Gasteiger charge is -2.37. The Balaban J connectivity index is 2.41. The van der Waals surface area contributed by atoms with E-state index in [0.717, 1.165) is 12.8 Å². The largest absolute Gasteiger partial charge is 0.480 e. The van der Waals surface area contributed by atoms with Crippen LogP contribution in [-0.4, -0.2) is 21.5 Å². The van der Waals surface area contributed by atoms with Gasteiger partial charge in [-0.25, -0.2) is 4.79 Å². The zero-order chi connectivity index (χ0) is 15.6. The summed E-state index contributed by atoms with van der Waals surface area (Å²) in [5.74, 6) is -0.732. The third-order valence-corrected chi connectivity index (χ3v) is 4.26. The van der Waals surface area contributed by atoms with Crippen molar-refractivity contribution in [1.82, 2.24) is 0 Å². The molecule has 1 saturated carbocycles. The lowest BCUT2D eigenvalue weighted by Crippen LogP contribution is -2.49. The Hall–Kier alpha value is -1.82. The predicted octanol–water partition coefficient (Wildman–Crippen LogP) is 3.69. The fourth-order valence-electron chi connectivity index (χ4n) is 2.97. The molecule has 1 aromatic carbocycles. The molecule has 0 amide bonds. The van der Waals surface area contributed by atoms with Crippen molar-refractivity contribution in [3.63, 3.8) is 0 Å². The van der Waals surface area contributed by atoms with E-state index in [-0.39, 0.29) is 22.3 Å². The van der Waals surface area contributed by atoms with Crippen LogP contribution in [0.2, 0.25) is 5.02 Å². The Kier molecular flexibility index (Phi) is 4.37. The van der Waals surface area contributed by atoms with E-state index in [2.05, 4.69) is 5.32 Å². The zero-order valence-electron chi connectivity index (χ0n) is 11.6. The van der Waals surface area contributed by atoms with Crippen molar-refractivity contribution < 1.29 is 14.8 Å². The minimum absolute atomic E-state index is 0.00519. The van der Waals surface area contributed by atoms with Gasteiger partial charge in [-0.3, -0.25) is 10.1 Å². The molecule has 0 aromatic heterocycles. The number of halogens is 1. The van der Waals surface area contributed by atoms with E-state index in [0.29, 0.717) is 12.8 Å². The van der Waals surface area contributed by atoms with Gasteiger partial charge < -0.3 is 10.4 Å². The highest BCUT2D eigenvalue weighted by Crippen LogP contribution is 2.39. The van der Waals surface area contributed by atoms with Gasteiger partial charge in [0.05, 0.1) is 4.92 Å². The molecule has 114 valence electrons. The maximum Gasteiger partial charge on any atom is 0.329 e. The van der Waals surface area contributed by atoms with Crippen LogP contribution in [0.25, 0.3) is 0 Å². The average molecular weight is 313 g/mol. The quantitative estimate of drug-likeness (QED) is 0.653. The van der Waals surface area contributed by atoms with Crippen molar-refractivity contribution in [3.8, 4) is 0 Å². The minimum Gasteiger partial charge on any atom is -0.480 e. The topological polar surface area (TPSA) is 92.5 Å². The van der Waals surface area contributed by atoms with Crippen molar-refractivity contribution in [2.24, 2.45) is 5.92 Å². The molecule has 2 rings (SSSR count). The van der Waals surface area contributed by atoms with Crippen molar-refractivity contribution >= 4 is 28.9 Å². The number of anilines is 1. The summed E-state index contributed by atoms with van der Waals surface area (Å²) in [6, 6.07) is 4.48. The van der Waals surface area contributed by atoms with E-state index >= 15 is 0 Å². The molecular formula is C14H17ClN2O4. The van der Waals surface area contributed by atoms with Crippen LogP contribution in [0.3, 0.4) is 0 Å². The Morgan fingerprint density at radius 1 is 1.57 bits per heavy atom. The summed E-state index contributed by atoms with van der Waals surface area (Å²) in [5.41, 5.74) is -1.30. The molecule has 6 nitrogen and oxygen atoms in total. The molecule has 2 N–H and O–H groups in total. The number of nitro groups is 1. The summed E-state index contributed by atoms with van der Waals surface area (Å²) >= 11 is 5.87. The number of nitrogens with one attached hydrogen (secondary N) is 1. The van der Waals surface area contributed by atoms with Crippen LogP contribution in [0.5, 0.6) is 0 Å². The second kappa shape index (κ2) is 5.89. The van der Waals surface area contributed by atoms with Crippen LogP contribution in [-0.2, 0) is 4.79 Å². The Bertz CT molecular complexity index is 578. The Morgan fingerprint density at radius 2 is 2.29 bits per heavy atom. The molecule has 2 unspecified atom stereocenters. The van der Waals surface area contributed by atoms with Crippen LogP contribution >= 0.6 is 11.6 Å². The normalized spacial score (nSPS) is 25.3. The number of carboxylic acids is 1. The molecule has 21 heavy (non-hydrogen) atoms. The van der Waals surface area contributed by atoms with Gasteiger partial charge in [0, 0.05) is 0 Å². The first-order valence-corrected chi connectivity index (χ1v) is 7.18.